The number of primary amides is 2. The highest BCUT2D eigenvalue weighted by Gasteiger charge is 2.29. The van der Waals surface area contributed by atoms with Crippen molar-refractivity contribution in [2.24, 2.45) is 17.2 Å². The molecule has 0 spiro atoms. The van der Waals surface area contributed by atoms with Gasteiger partial charge in [0.2, 0.25) is 29.5 Å². The second-order valence-corrected chi connectivity index (χ2v) is 6.06. The van der Waals surface area contributed by atoms with E-state index in [-0.39, 0.29) is 18.6 Å². The molecule has 0 rings (SSSR count). The molecule has 0 aliphatic carbocycles. The molecule has 0 fully saturated rings. The SMILES string of the molecule is NC(=O)CCC(N)C(=O)NC(CC(N)=O)C(=O)NC(CS)C(=O)NCC(=O)O. The van der Waals surface area contributed by atoms with Crippen molar-refractivity contribution >= 4 is 48.1 Å². The van der Waals surface area contributed by atoms with E-state index in [1.165, 1.54) is 0 Å². The Kier molecular flexibility index (Phi) is 11.2. The van der Waals surface area contributed by atoms with E-state index in [4.69, 9.17) is 22.3 Å². The molecule has 0 heterocycles. The van der Waals surface area contributed by atoms with Crippen molar-refractivity contribution < 1.29 is 33.9 Å². The highest BCUT2D eigenvalue weighted by molar-refractivity contribution is 7.80. The molecular formula is C14H24N6O7S. The monoisotopic (exact) mass is 420 g/mol. The summed E-state index contributed by atoms with van der Waals surface area (Å²) in [5.41, 5.74) is 15.6. The topological polar surface area (TPSA) is 237 Å². The molecule has 0 saturated carbocycles. The number of rotatable bonds is 13. The summed E-state index contributed by atoms with van der Waals surface area (Å²) < 4.78 is 0. The van der Waals surface area contributed by atoms with Crippen molar-refractivity contribution in [3.8, 4) is 0 Å². The van der Waals surface area contributed by atoms with Crippen LogP contribution >= 0.6 is 12.6 Å². The van der Waals surface area contributed by atoms with Gasteiger partial charge >= 0.3 is 5.97 Å². The summed E-state index contributed by atoms with van der Waals surface area (Å²) in [5.74, 6) is -5.65. The molecule has 158 valence electrons. The molecule has 3 unspecified atom stereocenters. The second-order valence-electron chi connectivity index (χ2n) is 5.70. The molecular weight excluding hydrogens is 396 g/mol. The molecule has 0 bridgehead atoms. The number of carbonyl (C=O) groups excluding carboxylic acids is 5. The van der Waals surface area contributed by atoms with E-state index in [1.54, 1.807) is 0 Å². The van der Waals surface area contributed by atoms with Crippen molar-refractivity contribution in [3.63, 3.8) is 0 Å². The summed E-state index contributed by atoms with van der Waals surface area (Å²) >= 11 is 3.90. The quantitative estimate of drug-likeness (QED) is 0.135. The van der Waals surface area contributed by atoms with E-state index >= 15 is 0 Å². The maximum absolute atomic E-state index is 12.3. The van der Waals surface area contributed by atoms with Crippen LogP contribution in [0.2, 0.25) is 0 Å². The number of nitrogens with two attached hydrogens (primary N) is 3. The minimum Gasteiger partial charge on any atom is -0.480 e. The number of amides is 5. The van der Waals surface area contributed by atoms with Gasteiger partial charge in [-0.3, -0.25) is 28.8 Å². The molecule has 3 atom stereocenters. The lowest BCUT2D eigenvalue weighted by Crippen LogP contribution is -2.57. The first-order valence-electron chi connectivity index (χ1n) is 8.01. The van der Waals surface area contributed by atoms with Gasteiger partial charge in [-0.15, -0.1) is 0 Å². The van der Waals surface area contributed by atoms with Crippen LogP contribution in [0.25, 0.3) is 0 Å². The normalized spacial score (nSPS) is 13.5. The fraction of sp³-hybridized carbons (Fsp3) is 0.571. The molecule has 28 heavy (non-hydrogen) atoms. The Morgan fingerprint density at radius 3 is 1.93 bits per heavy atom. The number of aliphatic carboxylic acids is 1. The highest BCUT2D eigenvalue weighted by Crippen LogP contribution is 2.00. The summed E-state index contributed by atoms with van der Waals surface area (Å²) in [5, 5.41) is 15.1. The largest absolute Gasteiger partial charge is 0.480 e. The Hall–Kier alpha value is -2.87. The molecule has 0 aliphatic rings. The van der Waals surface area contributed by atoms with Crippen LogP contribution in [0.5, 0.6) is 0 Å². The predicted molar refractivity (Wildman–Crippen MR) is 98.6 cm³/mol. The van der Waals surface area contributed by atoms with Crippen LogP contribution in [-0.4, -0.2) is 71.0 Å². The molecule has 14 heteroatoms. The van der Waals surface area contributed by atoms with E-state index < -0.39 is 66.6 Å². The van der Waals surface area contributed by atoms with Crippen LogP contribution in [-0.2, 0) is 28.8 Å². The van der Waals surface area contributed by atoms with E-state index in [0.717, 1.165) is 0 Å². The zero-order chi connectivity index (χ0) is 21.9. The zero-order valence-corrected chi connectivity index (χ0v) is 15.7. The van der Waals surface area contributed by atoms with Crippen molar-refractivity contribution in [1.82, 2.24) is 16.0 Å². The molecule has 0 aliphatic heterocycles. The van der Waals surface area contributed by atoms with Gasteiger partial charge < -0.3 is 38.3 Å². The van der Waals surface area contributed by atoms with Gasteiger partial charge in [0.15, 0.2) is 0 Å². The van der Waals surface area contributed by atoms with Gasteiger partial charge in [-0.1, -0.05) is 0 Å². The lowest BCUT2D eigenvalue weighted by molar-refractivity contribution is -0.138. The van der Waals surface area contributed by atoms with Gasteiger partial charge in [0, 0.05) is 12.2 Å². The smallest absolute Gasteiger partial charge is 0.322 e. The third-order valence-electron chi connectivity index (χ3n) is 3.31. The molecule has 10 N–H and O–H groups in total. The van der Waals surface area contributed by atoms with Gasteiger partial charge in [-0.2, -0.15) is 12.6 Å². The van der Waals surface area contributed by atoms with Crippen LogP contribution in [0.3, 0.4) is 0 Å². The number of nitrogens with one attached hydrogen (secondary N) is 3. The number of carboxylic acids is 1. The summed E-state index contributed by atoms with van der Waals surface area (Å²) in [4.78, 5) is 68.6. The van der Waals surface area contributed by atoms with Gasteiger partial charge in [-0.05, 0) is 6.42 Å². The average molecular weight is 420 g/mol. The standard InChI is InChI=1S/C14H24N6O7S/c15-6(1-2-9(16)21)12(25)19-7(3-10(17)22)14(27)20-8(5-28)13(26)18-4-11(23)24/h6-8,28H,1-5,15H2,(H2,16,21)(H2,17,22)(H,18,26)(H,19,25)(H,20,27)(H,23,24). The van der Waals surface area contributed by atoms with Crippen LogP contribution < -0.4 is 33.2 Å². The summed E-state index contributed by atoms with van der Waals surface area (Å²) in [6, 6.07) is -3.85. The Balaban J connectivity index is 5.01. The first-order valence-corrected chi connectivity index (χ1v) is 8.64. The van der Waals surface area contributed by atoms with E-state index in [9.17, 15) is 28.8 Å². The molecule has 5 amide bonds. The maximum atomic E-state index is 12.3. The van der Waals surface area contributed by atoms with Gasteiger partial charge in [0.05, 0.1) is 12.5 Å². The van der Waals surface area contributed by atoms with E-state index in [0.29, 0.717) is 0 Å². The second kappa shape index (κ2) is 12.5. The summed E-state index contributed by atoms with van der Waals surface area (Å²) in [6.07, 6.45) is -0.828. The van der Waals surface area contributed by atoms with Crippen LogP contribution in [0.1, 0.15) is 19.3 Å². The lowest BCUT2D eigenvalue weighted by Gasteiger charge is -2.22. The van der Waals surface area contributed by atoms with Gasteiger partial charge in [-0.25, -0.2) is 0 Å². The van der Waals surface area contributed by atoms with Crippen molar-refractivity contribution in [3.05, 3.63) is 0 Å². The fourth-order valence-electron chi connectivity index (χ4n) is 1.87. The lowest BCUT2D eigenvalue weighted by atomic mass is 10.1. The predicted octanol–water partition coefficient (Wildman–Crippen LogP) is -4.45. The number of hydrogen-bond acceptors (Lipinski definition) is 8. The maximum Gasteiger partial charge on any atom is 0.322 e. The Bertz CT molecular complexity index is 629. The zero-order valence-electron chi connectivity index (χ0n) is 14.8. The van der Waals surface area contributed by atoms with Gasteiger partial charge in [0.1, 0.15) is 18.6 Å². The molecule has 0 radical (unpaired) electrons. The van der Waals surface area contributed by atoms with Crippen LogP contribution in [0.4, 0.5) is 0 Å². The van der Waals surface area contributed by atoms with Crippen LogP contribution in [0, 0.1) is 0 Å². The Labute approximate surface area is 165 Å². The van der Waals surface area contributed by atoms with Crippen LogP contribution in [0.15, 0.2) is 0 Å². The van der Waals surface area contributed by atoms with Crippen molar-refractivity contribution in [1.29, 1.82) is 0 Å². The van der Waals surface area contributed by atoms with E-state index in [1.807, 2.05) is 0 Å². The molecule has 0 saturated heterocycles. The Morgan fingerprint density at radius 1 is 0.893 bits per heavy atom. The highest BCUT2D eigenvalue weighted by atomic mass is 32.1. The summed E-state index contributed by atoms with van der Waals surface area (Å²) in [6.45, 7) is -0.671. The first-order chi connectivity index (χ1) is 13.0. The minimum atomic E-state index is -1.45. The number of carboxylic acid groups (broad SMARTS) is 1. The molecule has 0 aromatic carbocycles. The molecule has 0 aromatic rings. The average Bonchev–Trinajstić information content (AvgIpc) is 2.60. The first kappa shape index (κ1) is 25.1. The van der Waals surface area contributed by atoms with Crippen molar-refractivity contribution in [2.75, 3.05) is 12.3 Å². The molecule has 0 aromatic heterocycles. The third-order valence-corrected chi connectivity index (χ3v) is 3.67. The third kappa shape index (κ3) is 10.3. The minimum absolute atomic E-state index is 0.0804. The van der Waals surface area contributed by atoms with Gasteiger partial charge in [0.25, 0.3) is 0 Å². The number of thiol groups is 1. The number of carbonyl (C=O) groups is 6. The van der Waals surface area contributed by atoms with E-state index in [2.05, 4.69) is 28.6 Å². The molecule has 13 nitrogen and oxygen atoms in total. The summed E-state index contributed by atoms with van der Waals surface area (Å²) in [7, 11) is 0. The fourth-order valence-corrected chi connectivity index (χ4v) is 2.13. The number of hydrogen-bond donors (Lipinski definition) is 8. The Morgan fingerprint density at radius 2 is 1.46 bits per heavy atom. The van der Waals surface area contributed by atoms with Crippen molar-refractivity contribution in [2.45, 2.75) is 37.4 Å².